The summed E-state index contributed by atoms with van der Waals surface area (Å²) in [6.07, 6.45) is 7.18. The van der Waals surface area contributed by atoms with Gasteiger partial charge in [0.2, 0.25) is 23.8 Å². The van der Waals surface area contributed by atoms with E-state index in [9.17, 15) is 10.2 Å². The van der Waals surface area contributed by atoms with E-state index in [4.69, 9.17) is 24.2 Å². The highest BCUT2D eigenvalue weighted by Gasteiger charge is 2.18. The third-order valence-corrected chi connectivity index (χ3v) is 21.5. The van der Waals surface area contributed by atoms with Crippen molar-refractivity contribution in [1.29, 1.82) is 0 Å². The average Bonchev–Trinajstić information content (AvgIpc) is 1.71. The first-order valence-electron chi connectivity index (χ1n) is 35.4. The number of aromatic amines is 4. The van der Waals surface area contributed by atoms with Gasteiger partial charge in [-0.1, -0.05) is 6.07 Å². The van der Waals surface area contributed by atoms with E-state index in [0.29, 0.717) is 52.5 Å². The molecule has 12 heterocycles. The fourth-order valence-corrected chi connectivity index (χ4v) is 15.4. The molecule has 0 saturated carbocycles. The molecule has 20 aromatic rings. The topological polar surface area (TPSA) is 385 Å². The molecule has 0 aliphatic carbocycles. The molecule has 0 amide bonds. The molecule has 30 nitrogen and oxygen atoms in total. The number of thiophene rings is 4. The lowest BCUT2D eigenvalue weighted by Crippen LogP contribution is -2.08. The van der Waals surface area contributed by atoms with Crippen LogP contribution in [0.2, 0.25) is 0 Å². The Labute approximate surface area is 668 Å². The monoisotopic (exact) mass is 1600 g/mol. The van der Waals surface area contributed by atoms with Crippen LogP contribution in [0.1, 0.15) is 0 Å². The van der Waals surface area contributed by atoms with Gasteiger partial charge >= 0.3 is 0 Å². The van der Waals surface area contributed by atoms with E-state index in [-0.39, 0.29) is 11.5 Å². The molecule has 0 unspecified atom stereocenters. The smallest absolute Gasteiger partial charge is 0.229 e. The van der Waals surface area contributed by atoms with Gasteiger partial charge in [0.1, 0.15) is 5.75 Å². The Morgan fingerprint density at radius 2 is 0.635 bits per heavy atom. The number of anilines is 17. The number of hydrogen-bond donors (Lipinski definition) is 14. The van der Waals surface area contributed by atoms with E-state index in [1.54, 1.807) is 121 Å². The third-order valence-electron chi connectivity index (χ3n) is 17.8. The Bertz CT molecular complexity index is 6850. The van der Waals surface area contributed by atoms with Gasteiger partial charge in [0, 0.05) is 99.0 Å². The van der Waals surface area contributed by atoms with E-state index in [2.05, 4.69) is 130 Å². The van der Waals surface area contributed by atoms with E-state index in [1.807, 2.05) is 169 Å². The SMILES string of the molecule is CN(C)c1cccc(Nc2nc(Nc3ccc4[nH]ncc4c3)c3sccc3n2)c1.COc1ccc(Nc2nc(Nc3ccc4[nH]ncc4c3)c3sccc3n2)cc1O.COc1ccc(Nc2nc(Nc3ccc4[nH]ncc4c3)c3sccc3n2)cc1OC.Oc1ccc(Nc2nc(Nc3ccc4[nH]ncc4c3)c3sccc3n2)cc1. The highest BCUT2D eigenvalue weighted by molar-refractivity contribution is 7.18. The zero-order chi connectivity index (χ0) is 78.3. The molecule has 0 atom stereocenters. The van der Waals surface area contributed by atoms with Crippen molar-refractivity contribution >= 4 is 228 Å². The first-order chi connectivity index (χ1) is 56.3. The van der Waals surface area contributed by atoms with Gasteiger partial charge in [-0.15, -0.1) is 45.3 Å². The number of hydrogen-bond acceptors (Lipinski definition) is 30. The second kappa shape index (κ2) is 32.5. The standard InChI is InChI=1S/C21H19N7S.C21H18N6O2S.C20H16N6O2S.C19H14N6OS/c1-28(2)16-5-3-4-14(11-16)24-21-25-18-8-9-29-19(18)20(26-21)23-15-6-7-17-13(10-15)12-22-27-17;1-28-17-6-4-14(10-18(17)29-2)24-21-25-16-7-8-30-19(16)20(26-21)23-13-3-5-15-12(9-13)11-22-27-15;1-28-17-5-3-13(9-16(17)27)23-20-24-15-6-7-29-18(15)19(25-20)22-12-2-4-14-11(8-12)10-21-26-14;26-14-4-1-12(2-5-14)22-19-23-16-7-8-27-17(16)18(24-19)21-13-3-6-15-11(9-13)10-20-25-15/h3-12H,1-2H3,(H,22,27)(H2,23,24,25,26);3-11H,1-2H3,(H,22,27)(H2,23,24,25,26);2-10,27H,1H3,(H,21,26)(H2,22,23,24,25);1-10,26H,(H,20,25)(H2,21,22,23,24). The van der Waals surface area contributed by atoms with Crippen molar-refractivity contribution < 1.29 is 24.4 Å². The van der Waals surface area contributed by atoms with Crippen LogP contribution in [0.3, 0.4) is 0 Å². The van der Waals surface area contributed by atoms with Crippen molar-refractivity contribution in [2.75, 3.05) is 82.9 Å². The minimum atomic E-state index is 0.0425. The number of phenols is 2. The van der Waals surface area contributed by atoms with Crippen LogP contribution in [-0.4, -0.2) is 126 Å². The Kier molecular flexibility index (Phi) is 20.6. The van der Waals surface area contributed by atoms with Crippen LogP contribution in [0.15, 0.2) is 228 Å². The molecule has 0 bridgehead atoms. The molecular weight excluding hydrogens is 1530 g/mol. The average molecular weight is 1600 g/mol. The summed E-state index contributed by atoms with van der Waals surface area (Å²) in [5.41, 5.74) is 15.4. The second-order valence-electron chi connectivity index (χ2n) is 25.8. The lowest BCUT2D eigenvalue weighted by atomic mass is 10.2. The number of nitrogens with zero attached hydrogens (tertiary/aromatic N) is 13. The van der Waals surface area contributed by atoms with Crippen LogP contribution in [0.5, 0.6) is 28.7 Å². The highest BCUT2D eigenvalue weighted by atomic mass is 32.1. The maximum Gasteiger partial charge on any atom is 0.229 e. The van der Waals surface area contributed by atoms with Crippen LogP contribution in [0.25, 0.3) is 84.5 Å². The van der Waals surface area contributed by atoms with Gasteiger partial charge in [-0.25, -0.2) is 19.9 Å². The van der Waals surface area contributed by atoms with Gasteiger partial charge in [-0.2, -0.15) is 40.3 Å². The number of fused-ring (bicyclic) bond motifs is 8. The van der Waals surface area contributed by atoms with Crippen molar-refractivity contribution in [2.45, 2.75) is 0 Å². The molecule has 8 aromatic carbocycles. The Hall–Kier alpha value is -15.0. The molecule has 34 heteroatoms. The van der Waals surface area contributed by atoms with Crippen LogP contribution >= 0.6 is 45.3 Å². The summed E-state index contributed by atoms with van der Waals surface area (Å²) < 4.78 is 19.7. The molecule has 14 N–H and O–H groups in total. The molecule has 0 aliphatic heterocycles. The van der Waals surface area contributed by atoms with Crippen molar-refractivity contribution in [3.8, 4) is 28.7 Å². The maximum atomic E-state index is 10.0. The zero-order valence-electron chi connectivity index (χ0n) is 61.5. The fourth-order valence-electron chi connectivity index (χ4n) is 12.2. The number of nitrogens with one attached hydrogen (secondary N) is 12. The molecular formula is C81H67N25O5S4. The van der Waals surface area contributed by atoms with Gasteiger partial charge in [0.25, 0.3) is 0 Å². The lowest BCUT2D eigenvalue weighted by Gasteiger charge is -2.14. The summed E-state index contributed by atoms with van der Waals surface area (Å²) in [4.78, 5) is 39.2. The van der Waals surface area contributed by atoms with Crippen molar-refractivity contribution in [3.05, 3.63) is 228 Å². The van der Waals surface area contributed by atoms with E-state index in [0.717, 1.165) is 147 Å². The first kappa shape index (κ1) is 72.8. The molecule has 0 aliphatic rings. The molecule has 20 rings (SSSR count). The van der Waals surface area contributed by atoms with E-state index < -0.39 is 0 Å². The number of benzene rings is 8. The Balaban J connectivity index is 0.000000111. The number of methoxy groups -OCH3 is 3. The Morgan fingerprint density at radius 3 is 0.991 bits per heavy atom. The van der Waals surface area contributed by atoms with Crippen LogP contribution in [-0.2, 0) is 0 Å². The number of phenolic OH excluding ortho intramolecular Hbond substituents is 2. The normalized spacial score (nSPS) is 11.1. The van der Waals surface area contributed by atoms with Crippen molar-refractivity contribution in [2.24, 2.45) is 0 Å². The summed E-state index contributed by atoms with van der Waals surface area (Å²) in [7, 11) is 8.76. The van der Waals surface area contributed by atoms with Crippen molar-refractivity contribution in [3.63, 3.8) is 0 Å². The Morgan fingerprint density at radius 1 is 0.313 bits per heavy atom. The van der Waals surface area contributed by atoms with Crippen molar-refractivity contribution in [1.82, 2.24) is 80.7 Å². The number of ether oxygens (including phenoxy) is 3. The van der Waals surface area contributed by atoms with E-state index >= 15 is 0 Å². The summed E-state index contributed by atoms with van der Waals surface area (Å²) in [6.45, 7) is 0. The fraction of sp³-hybridized carbons (Fsp3) is 0.0617. The van der Waals surface area contributed by atoms with E-state index in [1.165, 1.54) is 7.11 Å². The minimum Gasteiger partial charge on any atom is -0.508 e. The predicted octanol–water partition coefficient (Wildman–Crippen LogP) is 19.7. The van der Waals surface area contributed by atoms with Gasteiger partial charge in [-0.3, -0.25) is 20.4 Å². The first-order valence-corrected chi connectivity index (χ1v) is 38.9. The van der Waals surface area contributed by atoms with Gasteiger partial charge in [0.05, 0.1) is 109 Å². The quantitative estimate of drug-likeness (QED) is 0.0315. The van der Waals surface area contributed by atoms with Crippen LogP contribution in [0.4, 0.5) is 98.3 Å². The molecule has 0 radical (unpaired) electrons. The molecule has 12 aromatic heterocycles. The maximum absolute atomic E-state index is 10.0. The number of aromatic hydroxyl groups is 2. The number of aromatic nitrogens is 16. The highest BCUT2D eigenvalue weighted by Crippen LogP contribution is 2.39. The summed E-state index contributed by atoms with van der Waals surface area (Å²) >= 11 is 6.37. The zero-order valence-corrected chi connectivity index (χ0v) is 64.8. The number of H-pyrrole nitrogens is 4. The predicted molar refractivity (Wildman–Crippen MR) is 463 cm³/mol. The molecule has 0 fully saturated rings. The summed E-state index contributed by atoms with van der Waals surface area (Å²) in [5, 5.41) is 86.2. The lowest BCUT2D eigenvalue weighted by molar-refractivity contribution is 0.355. The van der Waals surface area contributed by atoms with Gasteiger partial charge in [0.15, 0.2) is 46.3 Å². The molecule has 570 valence electrons. The van der Waals surface area contributed by atoms with Crippen LogP contribution in [0, 0.1) is 0 Å². The van der Waals surface area contributed by atoms with Gasteiger partial charge in [-0.05, 0) is 185 Å². The minimum absolute atomic E-state index is 0.0425. The molecule has 115 heavy (non-hydrogen) atoms. The number of rotatable bonds is 20. The summed E-state index contributed by atoms with van der Waals surface area (Å²) in [5.74, 6) is 6.85. The largest absolute Gasteiger partial charge is 0.508 e. The van der Waals surface area contributed by atoms with Gasteiger partial charge < -0.3 is 71.9 Å². The second-order valence-corrected chi connectivity index (χ2v) is 29.4. The molecule has 0 saturated heterocycles. The van der Waals surface area contributed by atoms with Crippen LogP contribution < -0.4 is 61.6 Å². The summed E-state index contributed by atoms with van der Waals surface area (Å²) in [6, 6.07) is 57.4. The molecule has 0 spiro atoms. The third kappa shape index (κ3) is 16.6.